The summed E-state index contributed by atoms with van der Waals surface area (Å²) in [6.45, 7) is 0. The van der Waals surface area contributed by atoms with Crippen LogP contribution < -0.4 is 5.73 Å². The summed E-state index contributed by atoms with van der Waals surface area (Å²) >= 11 is 0. The monoisotopic (exact) mass is 267 g/mol. The van der Waals surface area contributed by atoms with Gasteiger partial charge in [0.2, 0.25) is 0 Å². The SMILES string of the molecule is COC(=O)c1ccc(-c2nc3ccccn3c2N)cc1. The standard InChI is InChI=1S/C15H13N3O2/c1-20-15(19)11-7-5-10(6-8-11)13-14(16)18-9-3-2-4-12(18)17-13/h2-9H,16H2,1H3. The average Bonchev–Trinajstić information content (AvgIpc) is 2.84. The van der Waals surface area contributed by atoms with E-state index in [9.17, 15) is 4.79 Å². The molecule has 0 bridgehead atoms. The van der Waals surface area contributed by atoms with Gasteiger partial charge in [0.15, 0.2) is 0 Å². The molecule has 2 aromatic heterocycles. The molecule has 0 saturated heterocycles. The highest BCUT2D eigenvalue weighted by Crippen LogP contribution is 2.26. The Morgan fingerprint density at radius 3 is 2.60 bits per heavy atom. The van der Waals surface area contributed by atoms with Crippen LogP contribution in [0.5, 0.6) is 0 Å². The number of methoxy groups -OCH3 is 1. The van der Waals surface area contributed by atoms with Crippen LogP contribution in [0.3, 0.4) is 0 Å². The van der Waals surface area contributed by atoms with Gasteiger partial charge in [-0.1, -0.05) is 18.2 Å². The van der Waals surface area contributed by atoms with E-state index in [2.05, 4.69) is 9.72 Å². The molecule has 1 aromatic carbocycles. The molecule has 2 heterocycles. The second kappa shape index (κ2) is 4.70. The Bertz CT molecular complexity index is 775. The number of nitrogens with zero attached hydrogens (tertiary/aromatic N) is 2. The summed E-state index contributed by atoms with van der Waals surface area (Å²) in [6, 6.07) is 12.7. The predicted octanol–water partition coefficient (Wildman–Crippen LogP) is 2.37. The maximum Gasteiger partial charge on any atom is 0.337 e. The summed E-state index contributed by atoms with van der Waals surface area (Å²) in [5.74, 6) is 0.214. The fourth-order valence-corrected chi connectivity index (χ4v) is 2.11. The zero-order valence-electron chi connectivity index (χ0n) is 10.9. The summed E-state index contributed by atoms with van der Waals surface area (Å²) in [4.78, 5) is 15.9. The Morgan fingerprint density at radius 2 is 1.95 bits per heavy atom. The summed E-state index contributed by atoms with van der Waals surface area (Å²) in [7, 11) is 1.36. The third kappa shape index (κ3) is 1.89. The van der Waals surface area contributed by atoms with Gasteiger partial charge in [0.25, 0.3) is 0 Å². The lowest BCUT2D eigenvalue weighted by Crippen LogP contribution is -2.00. The number of rotatable bonds is 2. The van der Waals surface area contributed by atoms with Gasteiger partial charge in [-0.05, 0) is 24.3 Å². The normalized spacial score (nSPS) is 10.7. The first-order valence-corrected chi connectivity index (χ1v) is 6.12. The summed E-state index contributed by atoms with van der Waals surface area (Å²) in [5, 5.41) is 0. The molecule has 100 valence electrons. The molecular weight excluding hydrogens is 254 g/mol. The van der Waals surface area contributed by atoms with Crippen molar-refractivity contribution in [1.29, 1.82) is 0 Å². The van der Waals surface area contributed by atoms with E-state index in [-0.39, 0.29) is 5.97 Å². The largest absolute Gasteiger partial charge is 0.465 e. The third-order valence-electron chi connectivity index (χ3n) is 3.15. The van der Waals surface area contributed by atoms with E-state index in [4.69, 9.17) is 5.73 Å². The first-order chi connectivity index (χ1) is 9.70. The molecular formula is C15H13N3O2. The minimum absolute atomic E-state index is 0.362. The lowest BCUT2D eigenvalue weighted by atomic mass is 10.1. The number of carbonyl (C=O) groups excluding carboxylic acids is 1. The van der Waals surface area contributed by atoms with Crippen LogP contribution in [-0.4, -0.2) is 22.5 Å². The number of ether oxygens (including phenoxy) is 1. The van der Waals surface area contributed by atoms with Gasteiger partial charge >= 0.3 is 5.97 Å². The molecule has 0 unspecified atom stereocenters. The van der Waals surface area contributed by atoms with Gasteiger partial charge in [-0.25, -0.2) is 9.78 Å². The second-order valence-corrected chi connectivity index (χ2v) is 4.34. The Labute approximate surface area is 115 Å². The molecule has 20 heavy (non-hydrogen) atoms. The molecule has 5 nitrogen and oxygen atoms in total. The van der Waals surface area contributed by atoms with Crippen molar-refractivity contribution in [3.05, 3.63) is 54.2 Å². The molecule has 0 saturated carbocycles. The van der Waals surface area contributed by atoms with Gasteiger partial charge in [0, 0.05) is 11.8 Å². The van der Waals surface area contributed by atoms with Crippen molar-refractivity contribution in [2.75, 3.05) is 12.8 Å². The fourth-order valence-electron chi connectivity index (χ4n) is 2.11. The molecule has 0 atom stereocenters. The molecule has 0 radical (unpaired) electrons. The number of aromatic nitrogens is 2. The molecule has 0 amide bonds. The highest BCUT2D eigenvalue weighted by atomic mass is 16.5. The lowest BCUT2D eigenvalue weighted by Gasteiger charge is -2.02. The second-order valence-electron chi connectivity index (χ2n) is 4.34. The number of anilines is 1. The maximum atomic E-state index is 11.4. The zero-order valence-corrected chi connectivity index (χ0v) is 10.9. The van der Waals surface area contributed by atoms with Gasteiger partial charge in [0.05, 0.1) is 12.7 Å². The van der Waals surface area contributed by atoms with Crippen molar-refractivity contribution < 1.29 is 9.53 Å². The van der Waals surface area contributed by atoms with E-state index in [1.807, 2.05) is 40.9 Å². The molecule has 0 fully saturated rings. The van der Waals surface area contributed by atoms with Crippen LogP contribution in [0, 0.1) is 0 Å². The van der Waals surface area contributed by atoms with Crippen LogP contribution >= 0.6 is 0 Å². The number of benzene rings is 1. The van der Waals surface area contributed by atoms with Crippen LogP contribution in [0.2, 0.25) is 0 Å². The quantitative estimate of drug-likeness (QED) is 0.724. The topological polar surface area (TPSA) is 69.6 Å². The van der Waals surface area contributed by atoms with Gasteiger partial charge < -0.3 is 10.5 Å². The minimum atomic E-state index is -0.362. The van der Waals surface area contributed by atoms with Crippen molar-refractivity contribution in [1.82, 2.24) is 9.38 Å². The molecule has 2 N–H and O–H groups in total. The number of pyridine rings is 1. The Hall–Kier alpha value is -2.82. The van der Waals surface area contributed by atoms with Gasteiger partial charge in [-0.3, -0.25) is 4.40 Å². The van der Waals surface area contributed by atoms with Crippen molar-refractivity contribution in [2.45, 2.75) is 0 Å². The average molecular weight is 267 g/mol. The lowest BCUT2D eigenvalue weighted by molar-refractivity contribution is 0.0601. The molecule has 3 aromatic rings. The van der Waals surface area contributed by atoms with Crippen LogP contribution in [0.15, 0.2) is 48.7 Å². The molecule has 0 aliphatic rings. The number of carbonyl (C=O) groups is 1. The number of nitrogen functional groups attached to an aromatic ring is 1. The van der Waals surface area contributed by atoms with Crippen molar-refractivity contribution in [2.24, 2.45) is 0 Å². The Morgan fingerprint density at radius 1 is 1.20 bits per heavy atom. The number of esters is 1. The number of nitrogens with two attached hydrogens (primary N) is 1. The molecule has 3 rings (SSSR count). The summed E-state index contributed by atoms with van der Waals surface area (Å²) in [6.07, 6.45) is 1.87. The predicted molar refractivity (Wildman–Crippen MR) is 76.4 cm³/mol. The van der Waals surface area contributed by atoms with Crippen molar-refractivity contribution >= 4 is 17.4 Å². The fraction of sp³-hybridized carbons (Fsp3) is 0.0667. The number of hydrogen-bond donors (Lipinski definition) is 1. The van der Waals surface area contributed by atoms with E-state index in [1.165, 1.54) is 7.11 Å². The van der Waals surface area contributed by atoms with Crippen LogP contribution in [0.4, 0.5) is 5.82 Å². The first-order valence-electron chi connectivity index (χ1n) is 6.12. The van der Waals surface area contributed by atoms with Crippen LogP contribution in [0.25, 0.3) is 16.9 Å². The smallest absolute Gasteiger partial charge is 0.337 e. The number of hydrogen-bond acceptors (Lipinski definition) is 4. The first kappa shape index (κ1) is 12.2. The molecule has 5 heteroatoms. The Kier molecular flexibility index (Phi) is 2.87. The Balaban J connectivity index is 2.07. The van der Waals surface area contributed by atoms with E-state index >= 15 is 0 Å². The van der Waals surface area contributed by atoms with E-state index in [0.29, 0.717) is 17.1 Å². The van der Waals surface area contributed by atoms with Crippen molar-refractivity contribution in [3.63, 3.8) is 0 Å². The number of fused-ring (bicyclic) bond motifs is 1. The number of imidazole rings is 1. The molecule has 0 aliphatic carbocycles. The van der Waals surface area contributed by atoms with Crippen molar-refractivity contribution in [3.8, 4) is 11.3 Å². The van der Waals surface area contributed by atoms with Gasteiger partial charge in [0.1, 0.15) is 17.2 Å². The van der Waals surface area contributed by atoms with Gasteiger partial charge in [-0.2, -0.15) is 0 Å². The van der Waals surface area contributed by atoms with Gasteiger partial charge in [-0.15, -0.1) is 0 Å². The van der Waals surface area contributed by atoms with E-state index < -0.39 is 0 Å². The molecule has 0 aliphatic heterocycles. The van der Waals surface area contributed by atoms with E-state index in [1.54, 1.807) is 12.1 Å². The zero-order chi connectivity index (χ0) is 14.1. The van der Waals surface area contributed by atoms with Crippen LogP contribution in [-0.2, 0) is 4.74 Å². The van der Waals surface area contributed by atoms with E-state index in [0.717, 1.165) is 11.2 Å². The minimum Gasteiger partial charge on any atom is -0.465 e. The third-order valence-corrected chi connectivity index (χ3v) is 3.15. The summed E-state index contributed by atoms with van der Waals surface area (Å²) < 4.78 is 6.49. The highest BCUT2D eigenvalue weighted by molar-refractivity contribution is 5.90. The highest BCUT2D eigenvalue weighted by Gasteiger charge is 2.12. The molecule has 0 spiro atoms. The van der Waals surface area contributed by atoms with Crippen LogP contribution in [0.1, 0.15) is 10.4 Å². The summed E-state index contributed by atoms with van der Waals surface area (Å²) in [5.41, 5.74) is 8.95. The maximum absolute atomic E-state index is 11.4.